The number of hydrogen-bond acceptors (Lipinski definition) is 4. The molecule has 2 rings (SSSR count). The molecule has 1 heterocycles. The van der Waals surface area contributed by atoms with Crippen LogP contribution in [0.1, 0.15) is 33.3 Å². The summed E-state index contributed by atoms with van der Waals surface area (Å²) in [5, 5.41) is 0. The zero-order chi connectivity index (χ0) is 17.8. The summed E-state index contributed by atoms with van der Waals surface area (Å²) in [4.78, 5) is 2.64. The first-order chi connectivity index (χ1) is 11.2. The molecule has 0 radical (unpaired) electrons. The zero-order valence-corrected chi connectivity index (χ0v) is 16.1. The van der Waals surface area contributed by atoms with Crippen LogP contribution in [0.4, 0.5) is 0 Å². The van der Waals surface area contributed by atoms with Crippen molar-refractivity contribution in [2.24, 2.45) is 0 Å². The predicted molar refractivity (Wildman–Crippen MR) is 96.8 cm³/mol. The van der Waals surface area contributed by atoms with Gasteiger partial charge in [0.05, 0.1) is 11.5 Å². The van der Waals surface area contributed by atoms with Gasteiger partial charge in [-0.15, -0.1) is 0 Å². The molecule has 6 heteroatoms. The number of rotatable bonds is 6. The predicted octanol–water partition coefficient (Wildman–Crippen LogP) is 2.33. The Bertz CT molecular complexity index is 613. The summed E-state index contributed by atoms with van der Waals surface area (Å²) < 4.78 is 32.6. The highest BCUT2D eigenvalue weighted by Crippen LogP contribution is 2.25. The number of ether oxygens (including phenoxy) is 1. The van der Waals surface area contributed by atoms with Crippen LogP contribution in [0.2, 0.25) is 0 Å². The van der Waals surface area contributed by atoms with E-state index in [2.05, 4.69) is 25.7 Å². The Balaban J connectivity index is 1.99. The minimum Gasteiger partial charge on any atom is -0.380 e. The maximum absolute atomic E-state index is 12.8. The fraction of sp³-hybridized carbons (Fsp3) is 0.667. The Morgan fingerprint density at radius 3 is 2.12 bits per heavy atom. The summed E-state index contributed by atoms with van der Waals surface area (Å²) in [5.74, 6) is 0. The topological polar surface area (TPSA) is 49.9 Å². The van der Waals surface area contributed by atoms with E-state index in [1.807, 2.05) is 19.1 Å². The fourth-order valence-corrected chi connectivity index (χ4v) is 4.23. The minimum absolute atomic E-state index is 0.0223. The lowest BCUT2D eigenvalue weighted by Crippen LogP contribution is -2.49. The molecule has 0 saturated carbocycles. The summed E-state index contributed by atoms with van der Waals surface area (Å²) in [7, 11) is -3.40. The molecule has 24 heavy (non-hydrogen) atoms. The van der Waals surface area contributed by atoms with Crippen molar-refractivity contribution >= 4 is 10.0 Å². The Kier molecular flexibility index (Phi) is 6.42. The highest BCUT2D eigenvalue weighted by atomic mass is 32.2. The van der Waals surface area contributed by atoms with Crippen LogP contribution in [-0.2, 0) is 20.2 Å². The van der Waals surface area contributed by atoms with Gasteiger partial charge in [-0.1, -0.05) is 32.9 Å². The molecule has 0 atom stereocenters. The van der Waals surface area contributed by atoms with Crippen molar-refractivity contribution in [3.8, 4) is 0 Å². The first-order valence-corrected chi connectivity index (χ1v) is 10.1. The molecule has 1 fully saturated rings. The second-order valence-corrected chi connectivity index (χ2v) is 9.15. The Labute approximate surface area is 146 Å². The molecule has 1 aliphatic rings. The SMILES string of the molecule is CCOCCN1CCN(S(=O)(=O)c2ccc(C(C)(C)C)cc2)CC1. The monoisotopic (exact) mass is 354 g/mol. The lowest BCUT2D eigenvalue weighted by Gasteiger charge is -2.33. The first-order valence-electron chi connectivity index (χ1n) is 8.66. The largest absolute Gasteiger partial charge is 0.380 e. The molecule has 0 spiro atoms. The number of sulfonamides is 1. The zero-order valence-electron chi connectivity index (χ0n) is 15.3. The average molecular weight is 355 g/mol. The molecule has 5 nitrogen and oxygen atoms in total. The van der Waals surface area contributed by atoms with Crippen molar-refractivity contribution in [2.75, 3.05) is 45.9 Å². The third-order valence-corrected chi connectivity index (χ3v) is 6.36. The van der Waals surface area contributed by atoms with E-state index in [0.29, 0.717) is 24.6 Å². The maximum atomic E-state index is 12.8. The molecular weight excluding hydrogens is 324 g/mol. The molecule has 0 amide bonds. The van der Waals surface area contributed by atoms with E-state index in [-0.39, 0.29) is 5.41 Å². The Morgan fingerprint density at radius 2 is 1.62 bits per heavy atom. The minimum atomic E-state index is -3.40. The number of nitrogens with zero attached hydrogens (tertiary/aromatic N) is 2. The van der Waals surface area contributed by atoms with Crippen molar-refractivity contribution in [3.05, 3.63) is 29.8 Å². The second kappa shape index (κ2) is 7.95. The van der Waals surface area contributed by atoms with E-state index in [1.165, 1.54) is 0 Å². The molecular formula is C18H30N2O3S. The van der Waals surface area contributed by atoms with Crippen molar-refractivity contribution < 1.29 is 13.2 Å². The van der Waals surface area contributed by atoms with Gasteiger partial charge >= 0.3 is 0 Å². The Hall–Kier alpha value is -0.950. The van der Waals surface area contributed by atoms with E-state index in [1.54, 1.807) is 16.4 Å². The standard InChI is InChI=1S/C18H30N2O3S/c1-5-23-15-14-19-10-12-20(13-11-19)24(21,22)17-8-6-16(7-9-17)18(2,3)4/h6-9H,5,10-15H2,1-4H3. The van der Waals surface area contributed by atoms with Gasteiger partial charge in [0.25, 0.3) is 0 Å². The average Bonchev–Trinajstić information content (AvgIpc) is 2.55. The van der Waals surface area contributed by atoms with E-state index in [9.17, 15) is 8.42 Å². The molecule has 0 aliphatic carbocycles. The van der Waals surface area contributed by atoms with Crippen LogP contribution < -0.4 is 0 Å². The van der Waals surface area contributed by atoms with Crippen LogP contribution in [0.5, 0.6) is 0 Å². The van der Waals surface area contributed by atoms with Gasteiger partial charge in [-0.2, -0.15) is 4.31 Å². The summed E-state index contributed by atoms with van der Waals surface area (Å²) in [6.07, 6.45) is 0. The number of benzene rings is 1. The van der Waals surface area contributed by atoms with E-state index >= 15 is 0 Å². The van der Waals surface area contributed by atoms with Crippen LogP contribution in [0.15, 0.2) is 29.2 Å². The summed E-state index contributed by atoms with van der Waals surface area (Å²) in [6.45, 7) is 13.2. The third kappa shape index (κ3) is 4.79. The number of piperazine rings is 1. The summed E-state index contributed by atoms with van der Waals surface area (Å²) in [5.41, 5.74) is 1.16. The molecule has 0 bridgehead atoms. The lowest BCUT2D eigenvalue weighted by molar-refractivity contribution is 0.0979. The van der Waals surface area contributed by atoms with Gasteiger partial charge in [0.1, 0.15) is 0 Å². The van der Waals surface area contributed by atoms with Crippen LogP contribution in [0.25, 0.3) is 0 Å². The van der Waals surface area contributed by atoms with Gasteiger partial charge in [0.15, 0.2) is 0 Å². The normalized spacial score (nSPS) is 18.0. The molecule has 0 N–H and O–H groups in total. The molecule has 1 aromatic rings. The highest BCUT2D eigenvalue weighted by Gasteiger charge is 2.28. The van der Waals surface area contributed by atoms with Gasteiger partial charge in [-0.05, 0) is 30.0 Å². The molecule has 0 aromatic heterocycles. The molecule has 136 valence electrons. The summed E-state index contributed by atoms with van der Waals surface area (Å²) in [6, 6.07) is 7.31. The number of hydrogen-bond donors (Lipinski definition) is 0. The third-order valence-electron chi connectivity index (χ3n) is 4.45. The molecule has 1 aromatic carbocycles. The van der Waals surface area contributed by atoms with E-state index in [0.717, 1.165) is 31.8 Å². The molecule has 0 unspecified atom stereocenters. The van der Waals surface area contributed by atoms with Crippen molar-refractivity contribution in [1.82, 2.24) is 9.21 Å². The van der Waals surface area contributed by atoms with E-state index in [4.69, 9.17) is 4.74 Å². The van der Waals surface area contributed by atoms with Crippen LogP contribution in [-0.4, -0.2) is 63.6 Å². The lowest BCUT2D eigenvalue weighted by atomic mass is 9.87. The van der Waals surface area contributed by atoms with Gasteiger partial charge < -0.3 is 4.74 Å². The van der Waals surface area contributed by atoms with Crippen LogP contribution in [0.3, 0.4) is 0 Å². The van der Waals surface area contributed by atoms with Gasteiger partial charge in [-0.3, -0.25) is 4.90 Å². The first kappa shape index (κ1) is 19.4. The summed E-state index contributed by atoms with van der Waals surface area (Å²) >= 11 is 0. The fourth-order valence-electron chi connectivity index (χ4n) is 2.81. The van der Waals surface area contributed by atoms with Crippen molar-refractivity contribution in [3.63, 3.8) is 0 Å². The van der Waals surface area contributed by atoms with Crippen LogP contribution >= 0.6 is 0 Å². The smallest absolute Gasteiger partial charge is 0.243 e. The van der Waals surface area contributed by atoms with Gasteiger partial charge in [0, 0.05) is 39.3 Å². The maximum Gasteiger partial charge on any atom is 0.243 e. The van der Waals surface area contributed by atoms with Crippen molar-refractivity contribution in [2.45, 2.75) is 38.0 Å². The van der Waals surface area contributed by atoms with Crippen molar-refractivity contribution in [1.29, 1.82) is 0 Å². The quantitative estimate of drug-likeness (QED) is 0.736. The van der Waals surface area contributed by atoms with E-state index < -0.39 is 10.0 Å². The molecule has 1 aliphatic heterocycles. The van der Waals surface area contributed by atoms with Gasteiger partial charge in [-0.25, -0.2) is 8.42 Å². The highest BCUT2D eigenvalue weighted by molar-refractivity contribution is 7.89. The molecule has 1 saturated heterocycles. The van der Waals surface area contributed by atoms with Gasteiger partial charge in [0.2, 0.25) is 10.0 Å². The second-order valence-electron chi connectivity index (χ2n) is 7.22. The Morgan fingerprint density at radius 1 is 1.04 bits per heavy atom. The van der Waals surface area contributed by atoms with Crippen LogP contribution in [0, 0.1) is 0 Å².